The molecule has 1 aromatic carbocycles. The predicted molar refractivity (Wildman–Crippen MR) is 107 cm³/mol. The topological polar surface area (TPSA) is 57.8 Å². The summed E-state index contributed by atoms with van der Waals surface area (Å²) in [5, 5.41) is 4.81. The van der Waals surface area contributed by atoms with Crippen LogP contribution in [-0.2, 0) is 11.2 Å². The summed E-state index contributed by atoms with van der Waals surface area (Å²) in [5.74, 6) is 0.0785. The van der Waals surface area contributed by atoms with Gasteiger partial charge in [-0.15, -0.1) is 0 Å². The molecule has 0 unspecified atom stereocenters. The van der Waals surface area contributed by atoms with Gasteiger partial charge in [-0.25, -0.2) is 0 Å². The molecule has 0 aliphatic carbocycles. The van der Waals surface area contributed by atoms with Crippen molar-refractivity contribution < 1.29 is 4.79 Å². The number of amides is 1. The first-order valence-corrected chi connectivity index (χ1v) is 9.24. The normalized spacial score (nSPS) is 11.7. The van der Waals surface area contributed by atoms with Crippen molar-refractivity contribution in [1.29, 1.82) is 0 Å². The minimum atomic E-state index is -0.204. The summed E-state index contributed by atoms with van der Waals surface area (Å²) in [5.41, 5.74) is 3.88. The Morgan fingerprint density at radius 3 is 2.73 bits per heavy atom. The Kier molecular flexibility index (Phi) is 5.33. The SMILES string of the molecule is CC(C)(C)NC(=O)CCCc1c(-c2ccccn2)[nH]c2ccc(Cl)cc12. The molecular weight excluding hydrogens is 346 g/mol. The summed E-state index contributed by atoms with van der Waals surface area (Å²) in [7, 11) is 0. The monoisotopic (exact) mass is 369 g/mol. The molecule has 2 aromatic heterocycles. The largest absolute Gasteiger partial charge is 0.353 e. The molecule has 0 spiro atoms. The van der Waals surface area contributed by atoms with Crippen LogP contribution in [0.15, 0.2) is 42.6 Å². The highest BCUT2D eigenvalue weighted by Gasteiger charge is 2.16. The molecule has 3 rings (SSSR count). The summed E-state index contributed by atoms with van der Waals surface area (Å²) >= 11 is 6.21. The molecule has 5 heteroatoms. The molecule has 136 valence electrons. The van der Waals surface area contributed by atoms with E-state index in [2.05, 4.69) is 15.3 Å². The van der Waals surface area contributed by atoms with Gasteiger partial charge in [-0.3, -0.25) is 9.78 Å². The highest BCUT2D eigenvalue weighted by atomic mass is 35.5. The van der Waals surface area contributed by atoms with Gasteiger partial charge in [0.05, 0.1) is 11.4 Å². The van der Waals surface area contributed by atoms with Crippen molar-refractivity contribution in [3.05, 3.63) is 53.2 Å². The number of hydrogen-bond acceptors (Lipinski definition) is 2. The molecule has 2 N–H and O–H groups in total. The van der Waals surface area contributed by atoms with Gasteiger partial charge >= 0.3 is 0 Å². The second kappa shape index (κ2) is 7.50. The van der Waals surface area contributed by atoms with Gasteiger partial charge in [0.1, 0.15) is 0 Å². The van der Waals surface area contributed by atoms with E-state index in [0.29, 0.717) is 11.4 Å². The lowest BCUT2D eigenvalue weighted by atomic mass is 10.0. The Labute approximate surface area is 159 Å². The lowest BCUT2D eigenvalue weighted by Crippen LogP contribution is -2.40. The first-order valence-electron chi connectivity index (χ1n) is 8.86. The number of fused-ring (bicyclic) bond motifs is 1. The van der Waals surface area contributed by atoms with Crippen molar-refractivity contribution in [3.63, 3.8) is 0 Å². The number of hydrogen-bond donors (Lipinski definition) is 2. The minimum Gasteiger partial charge on any atom is -0.353 e. The van der Waals surface area contributed by atoms with Crippen LogP contribution in [0, 0.1) is 0 Å². The van der Waals surface area contributed by atoms with Gasteiger partial charge < -0.3 is 10.3 Å². The number of nitrogens with one attached hydrogen (secondary N) is 2. The van der Waals surface area contributed by atoms with E-state index < -0.39 is 0 Å². The maximum atomic E-state index is 12.1. The number of pyridine rings is 1. The fourth-order valence-electron chi connectivity index (χ4n) is 3.12. The number of halogens is 1. The number of benzene rings is 1. The van der Waals surface area contributed by atoms with E-state index >= 15 is 0 Å². The molecule has 0 saturated carbocycles. The number of carbonyl (C=O) groups is 1. The molecule has 3 aromatic rings. The van der Waals surface area contributed by atoms with Crippen molar-refractivity contribution in [2.75, 3.05) is 0 Å². The van der Waals surface area contributed by atoms with Crippen LogP contribution in [0.3, 0.4) is 0 Å². The molecule has 0 atom stereocenters. The first kappa shape index (κ1) is 18.5. The molecule has 0 bridgehead atoms. The number of aryl methyl sites for hydroxylation is 1. The standard InChI is InChI=1S/C21H24ClN3O/c1-21(2,3)25-19(26)9-6-7-15-16-13-14(22)10-11-17(16)24-20(15)18-8-4-5-12-23-18/h4-5,8,10-13,24H,6-7,9H2,1-3H3,(H,25,26). The second-order valence-electron chi connectivity index (χ2n) is 7.54. The minimum absolute atomic E-state index is 0.0785. The maximum Gasteiger partial charge on any atom is 0.220 e. The van der Waals surface area contributed by atoms with E-state index in [9.17, 15) is 4.79 Å². The van der Waals surface area contributed by atoms with Gasteiger partial charge in [0.2, 0.25) is 5.91 Å². The van der Waals surface area contributed by atoms with Gasteiger partial charge in [-0.05, 0) is 69.5 Å². The van der Waals surface area contributed by atoms with Crippen molar-refractivity contribution in [2.24, 2.45) is 0 Å². The Bertz CT molecular complexity index is 910. The Hall–Kier alpha value is -2.33. The summed E-state index contributed by atoms with van der Waals surface area (Å²) in [4.78, 5) is 20.0. The molecule has 0 radical (unpaired) electrons. The average Bonchev–Trinajstić information content (AvgIpc) is 2.92. The van der Waals surface area contributed by atoms with Crippen molar-refractivity contribution in [2.45, 2.75) is 45.6 Å². The fraction of sp³-hybridized carbons (Fsp3) is 0.333. The number of carbonyl (C=O) groups excluding carboxylic acids is 1. The van der Waals surface area contributed by atoms with Crippen molar-refractivity contribution >= 4 is 28.4 Å². The number of H-pyrrole nitrogens is 1. The maximum absolute atomic E-state index is 12.1. The lowest BCUT2D eigenvalue weighted by molar-refractivity contribution is -0.122. The van der Waals surface area contributed by atoms with Gasteiger partial charge in [-0.2, -0.15) is 0 Å². The van der Waals surface area contributed by atoms with Crippen LogP contribution in [0.2, 0.25) is 5.02 Å². The van der Waals surface area contributed by atoms with Crippen LogP contribution in [0.4, 0.5) is 0 Å². The van der Waals surface area contributed by atoms with Gasteiger partial charge in [0.25, 0.3) is 0 Å². The molecule has 0 aliphatic rings. The van der Waals surface area contributed by atoms with Crippen LogP contribution in [0.1, 0.15) is 39.2 Å². The Balaban J connectivity index is 1.86. The molecule has 0 saturated heterocycles. The van der Waals surface area contributed by atoms with E-state index in [-0.39, 0.29) is 11.4 Å². The predicted octanol–water partition coefficient (Wildman–Crippen LogP) is 5.12. The van der Waals surface area contributed by atoms with Crippen LogP contribution in [0.5, 0.6) is 0 Å². The average molecular weight is 370 g/mol. The lowest BCUT2D eigenvalue weighted by Gasteiger charge is -2.20. The van der Waals surface area contributed by atoms with E-state index in [4.69, 9.17) is 11.6 Å². The van der Waals surface area contributed by atoms with E-state index in [1.54, 1.807) is 6.20 Å². The summed E-state index contributed by atoms with van der Waals surface area (Å²) < 4.78 is 0. The van der Waals surface area contributed by atoms with E-state index in [1.807, 2.05) is 57.2 Å². The van der Waals surface area contributed by atoms with Crippen LogP contribution in [-0.4, -0.2) is 21.4 Å². The van der Waals surface area contributed by atoms with Crippen LogP contribution < -0.4 is 5.32 Å². The second-order valence-corrected chi connectivity index (χ2v) is 7.97. The third-order valence-corrected chi connectivity index (χ3v) is 4.37. The third-order valence-electron chi connectivity index (χ3n) is 4.13. The zero-order valence-corrected chi connectivity index (χ0v) is 16.2. The molecule has 0 fully saturated rings. The molecule has 1 amide bonds. The highest BCUT2D eigenvalue weighted by Crippen LogP contribution is 2.32. The molecule has 0 aliphatic heterocycles. The zero-order chi connectivity index (χ0) is 18.7. The number of aromatic nitrogens is 2. The molecule has 4 nitrogen and oxygen atoms in total. The first-order chi connectivity index (χ1) is 12.3. The van der Waals surface area contributed by atoms with Gasteiger partial charge in [-0.1, -0.05) is 17.7 Å². The van der Waals surface area contributed by atoms with Crippen LogP contribution >= 0.6 is 11.6 Å². The summed E-state index contributed by atoms with van der Waals surface area (Å²) in [6.45, 7) is 5.98. The van der Waals surface area contributed by atoms with Gasteiger partial charge in [0.15, 0.2) is 0 Å². The van der Waals surface area contributed by atoms with Gasteiger partial charge in [0, 0.05) is 34.1 Å². The molecular formula is C21H24ClN3O. The van der Waals surface area contributed by atoms with Crippen molar-refractivity contribution in [3.8, 4) is 11.4 Å². The van der Waals surface area contributed by atoms with E-state index in [1.165, 1.54) is 0 Å². The fourth-order valence-corrected chi connectivity index (χ4v) is 3.29. The Morgan fingerprint density at radius 2 is 2.04 bits per heavy atom. The Morgan fingerprint density at radius 1 is 1.23 bits per heavy atom. The molecule has 26 heavy (non-hydrogen) atoms. The summed E-state index contributed by atoms with van der Waals surface area (Å²) in [6.07, 6.45) is 3.82. The number of rotatable bonds is 5. The summed E-state index contributed by atoms with van der Waals surface area (Å²) in [6, 6.07) is 11.7. The third kappa shape index (κ3) is 4.44. The van der Waals surface area contributed by atoms with Crippen LogP contribution in [0.25, 0.3) is 22.3 Å². The van der Waals surface area contributed by atoms with Crippen molar-refractivity contribution in [1.82, 2.24) is 15.3 Å². The molecule has 2 heterocycles. The smallest absolute Gasteiger partial charge is 0.220 e. The van der Waals surface area contributed by atoms with E-state index in [0.717, 1.165) is 40.7 Å². The highest BCUT2D eigenvalue weighted by molar-refractivity contribution is 6.31. The quantitative estimate of drug-likeness (QED) is 0.655. The number of nitrogens with zero attached hydrogens (tertiary/aromatic N) is 1. The number of aromatic amines is 1. The zero-order valence-electron chi connectivity index (χ0n) is 15.4.